The van der Waals surface area contributed by atoms with Gasteiger partial charge in [-0.3, -0.25) is 14.4 Å². The fourth-order valence-electron chi connectivity index (χ4n) is 3.84. The van der Waals surface area contributed by atoms with E-state index in [2.05, 4.69) is 4.98 Å². The highest BCUT2D eigenvalue weighted by atomic mass is 16.5. The molecule has 35 heavy (non-hydrogen) atoms. The zero-order valence-electron chi connectivity index (χ0n) is 19.7. The number of H-pyrrole nitrogens is 1. The van der Waals surface area contributed by atoms with Crippen molar-refractivity contribution in [1.82, 2.24) is 9.88 Å². The van der Waals surface area contributed by atoms with E-state index in [9.17, 15) is 24.3 Å². The number of nitrogens with one attached hydrogen (secondary N) is 1. The molecule has 2 heterocycles. The van der Waals surface area contributed by atoms with Gasteiger partial charge in [0.1, 0.15) is 5.56 Å². The molecule has 0 atom stereocenters. The van der Waals surface area contributed by atoms with E-state index in [1.165, 1.54) is 12.0 Å². The number of amides is 1. The van der Waals surface area contributed by atoms with E-state index >= 15 is 0 Å². The molecule has 2 N–H and O–H groups in total. The maximum atomic E-state index is 13.4. The minimum Gasteiger partial charge on any atom is -0.477 e. The summed E-state index contributed by atoms with van der Waals surface area (Å²) in [6.07, 6.45) is 3.16. The molecule has 0 radical (unpaired) electrons. The zero-order chi connectivity index (χ0) is 25.2. The molecule has 188 valence electrons. The third-order valence-electron chi connectivity index (χ3n) is 5.83. The monoisotopic (exact) mass is 486 g/mol. The van der Waals surface area contributed by atoms with E-state index in [-0.39, 0.29) is 18.8 Å². The van der Waals surface area contributed by atoms with Gasteiger partial charge in [0.15, 0.2) is 5.69 Å². The quantitative estimate of drug-likeness (QED) is 0.461. The number of aromatic carboxylic acids is 1. The molecule has 1 saturated heterocycles. The van der Waals surface area contributed by atoms with Crippen molar-refractivity contribution in [3.05, 3.63) is 63.6 Å². The highest BCUT2D eigenvalue weighted by molar-refractivity contribution is 5.97. The molecule has 2 aromatic rings. The van der Waals surface area contributed by atoms with E-state index in [4.69, 9.17) is 14.2 Å². The summed E-state index contributed by atoms with van der Waals surface area (Å²) in [5, 5.41) is 9.36. The lowest BCUT2D eigenvalue weighted by Gasteiger charge is -2.24. The van der Waals surface area contributed by atoms with Gasteiger partial charge < -0.3 is 29.2 Å². The van der Waals surface area contributed by atoms with Crippen LogP contribution in [0, 0.1) is 5.92 Å². The number of carbonyl (C=O) groups excluding carboxylic acids is 2. The first kappa shape index (κ1) is 26.1. The smallest absolute Gasteiger partial charge is 0.341 e. The van der Waals surface area contributed by atoms with Crippen molar-refractivity contribution in [3.8, 4) is 5.75 Å². The molecule has 1 amide bonds. The molecule has 1 fully saturated rings. The van der Waals surface area contributed by atoms with Crippen LogP contribution >= 0.6 is 0 Å². The normalized spacial score (nSPS) is 13.9. The number of carboxylic acids is 1. The van der Waals surface area contributed by atoms with E-state index in [1.807, 2.05) is 30.3 Å². The Balaban J connectivity index is 1.85. The number of pyridine rings is 1. The lowest BCUT2D eigenvalue weighted by molar-refractivity contribution is -0.142. The van der Waals surface area contributed by atoms with Gasteiger partial charge in [0.05, 0.1) is 12.5 Å². The molecule has 0 aliphatic carbocycles. The Morgan fingerprint density at radius 2 is 1.86 bits per heavy atom. The second-order valence-corrected chi connectivity index (χ2v) is 8.22. The number of aromatic amines is 1. The summed E-state index contributed by atoms with van der Waals surface area (Å²) in [5.41, 5.74) is -0.798. The molecule has 0 unspecified atom stereocenters. The predicted molar refractivity (Wildman–Crippen MR) is 126 cm³/mol. The molecule has 1 aromatic carbocycles. The lowest BCUT2D eigenvalue weighted by Crippen LogP contribution is -2.37. The number of hydrogen-bond acceptors (Lipinski definition) is 7. The van der Waals surface area contributed by atoms with Crippen LogP contribution in [0.3, 0.4) is 0 Å². The van der Waals surface area contributed by atoms with Gasteiger partial charge in [0, 0.05) is 39.6 Å². The number of hydrogen-bond donors (Lipinski definition) is 2. The van der Waals surface area contributed by atoms with Gasteiger partial charge in [-0.15, -0.1) is 0 Å². The first-order valence-corrected chi connectivity index (χ1v) is 11.5. The summed E-state index contributed by atoms with van der Waals surface area (Å²) in [7, 11) is 1.51. The zero-order valence-corrected chi connectivity index (χ0v) is 19.7. The van der Waals surface area contributed by atoms with Gasteiger partial charge in [0.2, 0.25) is 11.2 Å². The second-order valence-electron chi connectivity index (χ2n) is 8.22. The Bertz CT molecular complexity index is 1080. The Morgan fingerprint density at radius 3 is 2.51 bits per heavy atom. The number of methoxy groups -OCH3 is 1. The van der Waals surface area contributed by atoms with Crippen LogP contribution in [-0.4, -0.2) is 72.9 Å². The first-order valence-electron chi connectivity index (χ1n) is 11.5. The first-order chi connectivity index (χ1) is 16.9. The van der Waals surface area contributed by atoms with Crippen LogP contribution in [0.1, 0.15) is 45.7 Å². The average Bonchev–Trinajstić information content (AvgIpc) is 2.87. The molecule has 10 nitrogen and oxygen atoms in total. The highest BCUT2D eigenvalue weighted by Gasteiger charge is 2.30. The van der Waals surface area contributed by atoms with Crippen LogP contribution in [0.25, 0.3) is 0 Å². The number of rotatable bonds is 11. The molecule has 0 bridgehead atoms. The summed E-state index contributed by atoms with van der Waals surface area (Å²) in [5.74, 6) is -3.87. The second kappa shape index (κ2) is 12.8. The molecule has 1 aromatic heterocycles. The Kier molecular flexibility index (Phi) is 9.56. The number of aromatic nitrogens is 1. The van der Waals surface area contributed by atoms with Crippen molar-refractivity contribution in [2.45, 2.75) is 25.7 Å². The van der Waals surface area contributed by atoms with E-state index in [0.29, 0.717) is 39.0 Å². The standard InChI is InChI=1S/C25H30N2O8/c1-33-15-12-27(11-5-8-17-6-3-2-4-7-17)23(29)20-22(21(28)19(16-26-20)24(30)31)35-25(32)18-9-13-34-14-10-18/h2-4,6-7,16,18H,5,8-15H2,1H3,(H,26,28)(H,30,31). The molecule has 3 rings (SSSR count). The van der Waals surface area contributed by atoms with Gasteiger partial charge in [-0.25, -0.2) is 4.79 Å². The van der Waals surface area contributed by atoms with E-state index < -0.39 is 40.5 Å². The van der Waals surface area contributed by atoms with Crippen molar-refractivity contribution < 1.29 is 33.7 Å². The van der Waals surface area contributed by atoms with Crippen molar-refractivity contribution >= 4 is 17.8 Å². The summed E-state index contributed by atoms with van der Waals surface area (Å²) in [4.78, 5) is 54.6. The SMILES string of the molecule is COCCN(CCCc1ccccc1)C(=O)c1[nH]cc(C(=O)O)c(=O)c1OC(=O)C1CCOCC1. The predicted octanol–water partition coefficient (Wildman–Crippen LogP) is 2.13. The lowest BCUT2D eigenvalue weighted by atomic mass is 10.0. The van der Waals surface area contributed by atoms with Crippen molar-refractivity contribution in [1.29, 1.82) is 0 Å². The average molecular weight is 487 g/mol. The van der Waals surface area contributed by atoms with Crippen LogP contribution < -0.4 is 10.2 Å². The van der Waals surface area contributed by atoms with Gasteiger partial charge in [-0.2, -0.15) is 0 Å². The largest absolute Gasteiger partial charge is 0.477 e. The fourth-order valence-corrected chi connectivity index (χ4v) is 3.84. The van der Waals surface area contributed by atoms with Crippen LogP contribution in [-0.2, 0) is 20.7 Å². The third kappa shape index (κ3) is 7.00. The number of esters is 1. The molecule has 0 saturated carbocycles. The highest BCUT2D eigenvalue weighted by Crippen LogP contribution is 2.21. The Hall–Kier alpha value is -3.50. The van der Waals surface area contributed by atoms with E-state index in [1.54, 1.807) is 0 Å². The molecule has 1 aliphatic heterocycles. The van der Waals surface area contributed by atoms with Crippen molar-refractivity contribution in [2.75, 3.05) is 40.0 Å². The summed E-state index contributed by atoms with van der Waals surface area (Å²) in [6.45, 7) is 1.60. The topological polar surface area (TPSA) is 135 Å². The number of benzene rings is 1. The van der Waals surface area contributed by atoms with Crippen LogP contribution in [0.2, 0.25) is 0 Å². The number of carboxylic acid groups (broad SMARTS) is 1. The molecule has 10 heteroatoms. The minimum atomic E-state index is -1.49. The van der Waals surface area contributed by atoms with Crippen LogP contribution in [0.5, 0.6) is 5.75 Å². The van der Waals surface area contributed by atoms with Gasteiger partial charge in [-0.1, -0.05) is 30.3 Å². The van der Waals surface area contributed by atoms with Gasteiger partial charge in [-0.05, 0) is 31.2 Å². The maximum Gasteiger partial charge on any atom is 0.341 e. The van der Waals surface area contributed by atoms with Gasteiger partial charge >= 0.3 is 11.9 Å². The third-order valence-corrected chi connectivity index (χ3v) is 5.83. The van der Waals surface area contributed by atoms with E-state index in [0.717, 1.165) is 18.2 Å². The number of aryl methyl sites for hydroxylation is 1. The van der Waals surface area contributed by atoms with Crippen LogP contribution in [0.4, 0.5) is 0 Å². The van der Waals surface area contributed by atoms with Crippen molar-refractivity contribution in [3.63, 3.8) is 0 Å². The Labute approximate surface area is 202 Å². The van der Waals surface area contributed by atoms with Crippen molar-refractivity contribution in [2.24, 2.45) is 5.92 Å². The number of nitrogens with zero attached hydrogens (tertiary/aromatic N) is 1. The minimum absolute atomic E-state index is 0.236. The molecular weight excluding hydrogens is 456 g/mol. The summed E-state index contributed by atoms with van der Waals surface area (Å²) in [6, 6.07) is 9.81. The summed E-state index contributed by atoms with van der Waals surface area (Å²) >= 11 is 0. The Morgan fingerprint density at radius 1 is 1.14 bits per heavy atom. The number of ether oxygens (including phenoxy) is 3. The van der Waals surface area contributed by atoms with Gasteiger partial charge in [0.25, 0.3) is 5.91 Å². The summed E-state index contributed by atoms with van der Waals surface area (Å²) < 4.78 is 15.8. The number of carbonyl (C=O) groups is 3. The molecular formula is C25H30N2O8. The fraction of sp³-hybridized carbons (Fsp3) is 0.440. The maximum absolute atomic E-state index is 13.4. The molecule has 0 spiro atoms. The van der Waals surface area contributed by atoms with Crippen LogP contribution in [0.15, 0.2) is 41.3 Å². The molecule has 1 aliphatic rings.